The molecule has 0 spiro atoms. The van der Waals surface area contributed by atoms with E-state index in [9.17, 15) is 13.6 Å². The molecular weight excluding hydrogens is 400 g/mol. The van der Waals surface area contributed by atoms with Crippen LogP contribution >= 0.6 is 0 Å². The van der Waals surface area contributed by atoms with Crippen molar-refractivity contribution < 1.29 is 13.6 Å². The van der Waals surface area contributed by atoms with Crippen LogP contribution < -0.4 is 10.2 Å². The van der Waals surface area contributed by atoms with Gasteiger partial charge in [-0.3, -0.25) is 9.20 Å². The van der Waals surface area contributed by atoms with E-state index in [0.29, 0.717) is 34.2 Å². The third kappa shape index (κ3) is 3.08. The Labute approximate surface area is 177 Å². The Kier molecular flexibility index (Phi) is 4.53. The molecule has 5 rings (SSSR count). The summed E-state index contributed by atoms with van der Waals surface area (Å²) in [6, 6.07) is 5.90. The number of rotatable bonds is 2. The summed E-state index contributed by atoms with van der Waals surface area (Å²) in [7, 11) is 1.54. The van der Waals surface area contributed by atoms with Gasteiger partial charge in [-0.15, -0.1) is 0 Å². The second kappa shape index (κ2) is 7.14. The lowest BCUT2D eigenvalue weighted by atomic mass is 9.91. The summed E-state index contributed by atoms with van der Waals surface area (Å²) >= 11 is 0. The lowest BCUT2D eigenvalue weighted by Gasteiger charge is -2.37. The van der Waals surface area contributed by atoms with Crippen LogP contribution in [0.15, 0.2) is 30.5 Å². The third-order valence-electron chi connectivity index (χ3n) is 6.07. The number of hydrogen-bond donors (Lipinski definition) is 1. The molecule has 1 aliphatic heterocycles. The fourth-order valence-electron chi connectivity index (χ4n) is 4.88. The highest BCUT2D eigenvalue weighted by molar-refractivity contribution is 6.07. The number of carbonyl (C=O) groups excluding carboxylic acids is 1. The predicted octanol–water partition coefficient (Wildman–Crippen LogP) is 4.16. The van der Waals surface area contributed by atoms with E-state index in [1.807, 2.05) is 6.07 Å². The quantitative estimate of drug-likeness (QED) is 0.526. The van der Waals surface area contributed by atoms with Crippen LogP contribution in [0.2, 0.25) is 0 Å². The number of halogens is 2. The molecule has 8 heteroatoms. The van der Waals surface area contributed by atoms with Gasteiger partial charge >= 0.3 is 0 Å². The van der Waals surface area contributed by atoms with Crippen molar-refractivity contribution in [2.45, 2.75) is 20.3 Å². The molecule has 31 heavy (non-hydrogen) atoms. The molecule has 0 radical (unpaired) electrons. The summed E-state index contributed by atoms with van der Waals surface area (Å²) < 4.78 is 29.6. The fourth-order valence-corrected chi connectivity index (χ4v) is 4.88. The molecule has 4 aromatic rings. The van der Waals surface area contributed by atoms with Gasteiger partial charge in [-0.1, -0.05) is 13.8 Å². The normalized spacial score (nSPS) is 19.5. The van der Waals surface area contributed by atoms with Crippen LogP contribution in [0.4, 0.5) is 14.5 Å². The maximum absolute atomic E-state index is 14.1. The van der Waals surface area contributed by atoms with Crippen LogP contribution in [-0.2, 0) is 0 Å². The number of benzene rings is 1. The van der Waals surface area contributed by atoms with Crippen molar-refractivity contribution in [2.24, 2.45) is 11.8 Å². The van der Waals surface area contributed by atoms with Gasteiger partial charge in [0.1, 0.15) is 5.65 Å². The molecule has 2 atom stereocenters. The van der Waals surface area contributed by atoms with Crippen LogP contribution in [0, 0.1) is 23.5 Å². The molecule has 0 aliphatic carbocycles. The number of aromatic nitrogens is 3. The molecule has 0 unspecified atom stereocenters. The van der Waals surface area contributed by atoms with Gasteiger partial charge in [0, 0.05) is 49.5 Å². The zero-order chi connectivity index (χ0) is 21.9. The summed E-state index contributed by atoms with van der Waals surface area (Å²) in [6.07, 6.45) is 2.89. The molecular formula is C23H23F2N5O. The number of pyridine rings is 2. The summed E-state index contributed by atoms with van der Waals surface area (Å²) in [6.45, 7) is 6.28. The minimum Gasteiger partial charge on any atom is -0.370 e. The molecule has 1 aliphatic rings. The Hall–Kier alpha value is -3.29. The SMILES string of the molecule is CNC(=O)c1cc2c(N3C[C@H](C)C[C@H](C)C3)ccnc2n2c1nc1cc(F)c(F)cc12. The van der Waals surface area contributed by atoms with E-state index in [1.54, 1.807) is 23.7 Å². The van der Waals surface area contributed by atoms with E-state index in [4.69, 9.17) is 0 Å². The van der Waals surface area contributed by atoms with E-state index in [0.717, 1.165) is 36.3 Å². The zero-order valence-electron chi connectivity index (χ0n) is 17.6. The van der Waals surface area contributed by atoms with Crippen molar-refractivity contribution in [3.8, 4) is 0 Å². The van der Waals surface area contributed by atoms with Crippen LogP contribution in [0.5, 0.6) is 0 Å². The first kappa shape index (κ1) is 19.7. The third-order valence-corrected chi connectivity index (χ3v) is 6.07. The lowest BCUT2D eigenvalue weighted by Crippen LogP contribution is -2.38. The molecule has 4 heterocycles. The second-order valence-corrected chi connectivity index (χ2v) is 8.58. The maximum Gasteiger partial charge on any atom is 0.254 e. The Morgan fingerprint density at radius 1 is 1.10 bits per heavy atom. The molecule has 0 bridgehead atoms. The van der Waals surface area contributed by atoms with Crippen LogP contribution in [0.25, 0.3) is 27.7 Å². The standard InChI is InChI=1S/C23H23F2N5O/c1-12-6-13(2)11-29(10-12)19-4-5-27-21-14(19)7-15(23(31)26-3)22-28-18-8-16(24)17(25)9-20(18)30(21)22/h4-5,7-9,12-13H,6,10-11H2,1-3H3,(H,26,31)/t12-,13+. The van der Waals surface area contributed by atoms with Gasteiger partial charge in [-0.2, -0.15) is 0 Å². The first-order valence-corrected chi connectivity index (χ1v) is 10.4. The van der Waals surface area contributed by atoms with Crippen molar-refractivity contribution in [3.05, 3.63) is 47.7 Å². The average molecular weight is 423 g/mol. The molecule has 1 N–H and O–H groups in total. The van der Waals surface area contributed by atoms with Gasteiger partial charge < -0.3 is 10.2 Å². The molecule has 3 aromatic heterocycles. The highest BCUT2D eigenvalue weighted by atomic mass is 19.2. The lowest BCUT2D eigenvalue weighted by molar-refractivity contribution is 0.0964. The minimum absolute atomic E-state index is 0.268. The Balaban J connectivity index is 1.88. The van der Waals surface area contributed by atoms with Crippen LogP contribution in [-0.4, -0.2) is 40.4 Å². The van der Waals surface area contributed by atoms with Crippen LogP contribution in [0.3, 0.4) is 0 Å². The van der Waals surface area contributed by atoms with Gasteiger partial charge in [0.15, 0.2) is 17.3 Å². The van der Waals surface area contributed by atoms with Crippen molar-refractivity contribution >= 4 is 39.3 Å². The Bertz CT molecular complexity index is 1340. The fraction of sp³-hybridized carbons (Fsp3) is 0.348. The van der Waals surface area contributed by atoms with Crippen LogP contribution in [0.1, 0.15) is 30.6 Å². The van der Waals surface area contributed by atoms with Gasteiger partial charge in [0.05, 0.1) is 16.6 Å². The molecule has 1 aromatic carbocycles. The van der Waals surface area contributed by atoms with Gasteiger partial charge in [0.2, 0.25) is 0 Å². The summed E-state index contributed by atoms with van der Waals surface area (Å²) in [5, 5.41) is 3.42. The number of anilines is 1. The van der Waals surface area contributed by atoms with E-state index in [1.165, 1.54) is 6.42 Å². The largest absolute Gasteiger partial charge is 0.370 e. The van der Waals surface area contributed by atoms with E-state index < -0.39 is 11.6 Å². The number of nitrogens with zero attached hydrogens (tertiary/aromatic N) is 4. The minimum atomic E-state index is -0.980. The van der Waals surface area contributed by atoms with E-state index >= 15 is 0 Å². The maximum atomic E-state index is 14.1. The first-order valence-electron chi connectivity index (χ1n) is 10.4. The number of piperidine rings is 1. The van der Waals surface area contributed by atoms with E-state index in [2.05, 4.69) is 34.0 Å². The topological polar surface area (TPSA) is 62.5 Å². The van der Waals surface area contributed by atoms with Crippen molar-refractivity contribution in [1.29, 1.82) is 0 Å². The highest BCUT2D eigenvalue weighted by Crippen LogP contribution is 2.34. The van der Waals surface area contributed by atoms with Gasteiger partial charge in [-0.05, 0) is 30.4 Å². The number of carbonyl (C=O) groups is 1. The monoisotopic (exact) mass is 423 g/mol. The number of imidazole rings is 1. The number of amides is 1. The van der Waals surface area contributed by atoms with Gasteiger partial charge in [0.25, 0.3) is 5.91 Å². The summed E-state index contributed by atoms with van der Waals surface area (Å²) in [5.41, 5.74) is 2.81. The number of fused-ring (bicyclic) bond motifs is 5. The van der Waals surface area contributed by atoms with Gasteiger partial charge in [-0.25, -0.2) is 18.7 Å². The molecule has 1 fully saturated rings. The smallest absolute Gasteiger partial charge is 0.254 e. The first-order chi connectivity index (χ1) is 14.9. The predicted molar refractivity (Wildman–Crippen MR) is 116 cm³/mol. The summed E-state index contributed by atoms with van der Waals surface area (Å²) in [4.78, 5) is 24.0. The number of nitrogens with one attached hydrogen (secondary N) is 1. The summed E-state index contributed by atoms with van der Waals surface area (Å²) in [5.74, 6) is -1.19. The molecule has 6 nitrogen and oxygen atoms in total. The zero-order valence-corrected chi connectivity index (χ0v) is 17.6. The number of hydrogen-bond acceptors (Lipinski definition) is 4. The Morgan fingerprint density at radius 3 is 2.52 bits per heavy atom. The molecule has 1 saturated heterocycles. The Morgan fingerprint density at radius 2 is 1.81 bits per heavy atom. The van der Waals surface area contributed by atoms with E-state index in [-0.39, 0.29) is 11.4 Å². The van der Waals surface area contributed by atoms with Crippen molar-refractivity contribution in [2.75, 3.05) is 25.0 Å². The van der Waals surface area contributed by atoms with Crippen molar-refractivity contribution in [1.82, 2.24) is 19.7 Å². The molecule has 1 amide bonds. The average Bonchev–Trinajstić information content (AvgIpc) is 3.10. The van der Waals surface area contributed by atoms with Crippen molar-refractivity contribution in [3.63, 3.8) is 0 Å². The highest BCUT2D eigenvalue weighted by Gasteiger charge is 2.26. The molecule has 160 valence electrons. The second-order valence-electron chi connectivity index (χ2n) is 8.58. The molecule has 0 saturated carbocycles.